The quantitative estimate of drug-likeness (QED) is 0.714. The van der Waals surface area contributed by atoms with Gasteiger partial charge in [-0.1, -0.05) is 24.3 Å². The van der Waals surface area contributed by atoms with Gasteiger partial charge < -0.3 is 4.42 Å². The van der Waals surface area contributed by atoms with Crippen LogP contribution in [-0.2, 0) is 10.0 Å². The minimum Gasteiger partial charge on any atom is -0.420 e. The lowest BCUT2D eigenvalue weighted by atomic mass is 10.1. The lowest BCUT2D eigenvalue weighted by molar-refractivity contribution is 0.440. The first-order valence-corrected chi connectivity index (χ1v) is 9.89. The first kappa shape index (κ1) is 15.5. The average Bonchev–Trinajstić information content (AvgIpc) is 3.34. The van der Waals surface area contributed by atoms with Crippen LogP contribution in [0.4, 0.5) is 0 Å². The third-order valence-corrected chi connectivity index (χ3v) is 6.79. The summed E-state index contributed by atoms with van der Waals surface area (Å²) >= 11 is 1.53. The number of sulfonamides is 1. The van der Waals surface area contributed by atoms with Crippen molar-refractivity contribution >= 4 is 21.4 Å². The zero-order valence-corrected chi connectivity index (χ0v) is 14.3. The second kappa shape index (κ2) is 6.12. The Morgan fingerprint density at radius 3 is 2.71 bits per heavy atom. The fourth-order valence-electron chi connectivity index (χ4n) is 2.79. The maximum absolute atomic E-state index is 12.7. The molecule has 3 aromatic rings. The van der Waals surface area contributed by atoms with Gasteiger partial charge in [-0.25, -0.2) is 8.42 Å². The molecule has 1 aliphatic rings. The highest BCUT2D eigenvalue weighted by molar-refractivity contribution is 7.89. The van der Waals surface area contributed by atoms with Crippen molar-refractivity contribution < 1.29 is 12.8 Å². The maximum Gasteiger partial charge on any atom is 0.257 e. The van der Waals surface area contributed by atoms with Gasteiger partial charge in [0.05, 0.1) is 15.7 Å². The topological polar surface area (TPSA) is 76.3 Å². The zero-order chi connectivity index (χ0) is 16.6. The number of hydrogen-bond acceptors (Lipinski definition) is 6. The van der Waals surface area contributed by atoms with Crippen molar-refractivity contribution in [3.63, 3.8) is 0 Å². The molecule has 6 nitrogen and oxygen atoms in total. The van der Waals surface area contributed by atoms with Crippen molar-refractivity contribution in [3.8, 4) is 10.8 Å². The van der Waals surface area contributed by atoms with E-state index in [1.807, 2.05) is 17.5 Å². The number of aromatic nitrogens is 2. The van der Waals surface area contributed by atoms with Crippen LogP contribution in [0, 0.1) is 0 Å². The van der Waals surface area contributed by atoms with Gasteiger partial charge in [0, 0.05) is 13.1 Å². The fraction of sp³-hybridized carbons (Fsp3) is 0.250. The Balaban J connectivity index is 1.53. The molecule has 1 atom stereocenters. The molecule has 0 N–H and O–H groups in total. The SMILES string of the molecule is O=S(=O)(c1ccccc1)N1CC[C@H](c2nnc(-c3cccs3)o2)C1. The highest BCUT2D eigenvalue weighted by Crippen LogP contribution is 2.32. The van der Waals surface area contributed by atoms with Crippen LogP contribution >= 0.6 is 11.3 Å². The van der Waals surface area contributed by atoms with Gasteiger partial charge in [0.2, 0.25) is 15.9 Å². The number of thiophene rings is 1. The Bertz CT molecular complexity index is 921. The van der Waals surface area contributed by atoms with Gasteiger partial charge in [-0.2, -0.15) is 4.31 Å². The molecule has 1 saturated heterocycles. The molecule has 24 heavy (non-hydrogen) atoms. The van der Waals surface area contributed by atoms with Crippen LogP contribution in [0.5, 0.6) is 0 Å². The van der Waals surface area contributed by atoms with E-state index in [0.717, 1.165) is 4.88 Å². The van der Waals surface area contributed by atoms with E-state index in [1.54, 1.807) is 30.3 Å². The fourth-order valence-corrected chi connectivity index (χ4v) is 4.95. The molecule has 0 bridgehead atoms. The Morgan fingerprint density at radius 1 is 1.12 bits per heavy atom. The molecule has 8 heteroatoms. The van der Waals surface area contributed by atoms with Crippen LogP contribution in [0.15, 0.2) is 57.2 Å². The molecule has 0 radical (unpaired) electrons. The summed E-state index contributed by atoms with van der Waals surface area (Å²) in [5.74, 6) is 0.929. The molecule has 2 aromatic heterocycles. The molecule has 124 valence electrons. The summed E-state index contributed by atoms with van der Waals surface area (Å²) in [5.41, 5.74) is 0. The van der Waals surface area contributed by atoms with Crippen LogP contribution in [0.3, 0.4) is 0 Å². The molecule has 0 saturated carbocycles. The average molecular weight is 361 g/mol. The number of nitrogens with zero attached hydrogens (tertiary/aromatic N) is 3. The largest absolute Gasteiger partial charge is 0.420 e. The van der Waals surface area contributed by atoms with E-state index in [2.05, 4.69) is 10.2 Å². The van der Waals surface area contributed by atoms with Gasteiger partial charge in [0.25, 0.3) is 5.89 Å². The van der Waals surface area contributed by atoms with E-state index < -0.39 is 10.0 Å². The third-order valence-electron chi connectivity index (χ3n) is 4.05. The van der Waals surface area contributed by atoms with E-state index in [1.165, 1.54) is 15.6 Å². The number of rotatable bonds is 4. The Morgan fingerprint density at radius 2 is 1.96 bits per heavy atom. The van der Waals surface area contributed by atoms with Gasteiger partial charge in [0.15, 0.2) is 0 Å². The van der Waals surface area contributed by atoms with Gasteiger partial charge in [-0.15, -0.1) is 21.5 Å². The number of hydrogen-bond donors (Lipinski definition) is 0. The molecule has 0 amide bonds. The Kier molecular flexibility index (Phi) is 3.95. The smallest absolute Gasteiger partial charge is 0.257 e. The lowest BCUT2D eigenvalue weighted by Crippen LogP contribution is -2.28. The van der Waals surface area contributed by atoms with Crippen molar-refractivity contribution in [1.82, 2.24) is 14.5 Å². The summed E-state index contributed by atoms with van der Waals surface area (Å²) in [7, 11) is -3.47. The molecule has 1 fully saturated rings. The molecule has 1 aliphatic heterocycles. The van der Waals surface area contributed by atoms with Crippen molar-refractivity contribution in [1.29, 1.82) is 0 Å². The minimum absolute atomic E-state index is 0.0651. The van der Waals surface area contributed by atoms with Crippen LogP contribution in [0.2, 0.25) is 0 Å². The molecule has 4 rings (SSSR count). The predicted octanol–water partition coefficient (Wildman–Crippen LogP) is 2.98. The zero-order valence-electron chi connectivity index (χ0n) is 12.7. The first-order valence-electron chi connectivity index (χ1n) is 7.57. The molecule has 0 aliphatic carbocycles. The second-order valence-electron chi connectivity index (χ2n) is 5.58. The molecule has 0 spiro atoms. The molecular weight excluding hydrogens is 346 g/mol. The monoisotopic (exact) mass is 361 g/mol. The van der Waals surface area contributed by atoms with Gasteiger partial charge in [-0.05, 0) is 30.0 Å². The van der Waals surface area contributed by atoms with Crippen LogP contribution in [-0.4, -0.2) is 36.0 Å². The standard InChI is InChI=1S/C16H15N3O3S2/c20-24(21,13-5-2-1-3-6-13)19-9-8-12(11-19)15-17-18-16(22-15)14-7-4-10-23-14/h1-7,10,12H,8-9,11H2/t12-/m0/s1. The summed E-state index contributed by atoms with van der Waals surface area (Å²) in [6.45, 7) is 0.821. The van der Waals surface area contributed by atoms with E-state index in [9.17, 15) is 8.42 Å². The van der Waals surface area contributed by atoms with Crippen molar-refractivity contribution in [2.75, 3.05) is 13.1 Å². The Hall–Kier alpha value is -2.03. The molecule has 1 aromatic carbocycles. The summed E-state index contributed by atoms with van der Waals surface area (Å²) in [5, 5.41) is 10.1. The summed E-state index contributed by atoms with van der Waals surface area (Å²) < 4.78 is 32.6. The van der Waals surface area contributed by atoms with E-state index in [4.69, 9.17) is 4.42 Å². The molecule has 0 unspecified atom stereocenters. The van der Waals surface area contributed by atoms with E-state index >= 15 is 0 Å². The van der Waals surface area contributed by atoms with E-state index in [0.29, 0.717) is 36.2 Å². The summed E-state index contributed by atoms with van der Waals surface area (Å²) in [4.78, 5) is 1.23. The molecule has 3 heterocycles. The predicted molar refractivity (Wildman–Crippen MR) is 90.2 cm³/mol. The van der Waals surface area contributed by atoms with Gasteiger partial charge in [0.1, 0.15) is 0 Å². The van der Waals surface area contributed by atoms with Crippen molar-refractivity contribution in [3.05, 3.63) is 53.7 Å². The van der Waals surface area contributed by atoms with Crippen LogP contribution in [0.25, 0.3) is 10.8 Å². The Labute approximate surface area is 143 Å². The number of benzene rings is 1. The van der Waals surface area contributed by atoms with Crippen molar-refractivity contribution in [2.45, 2.75) is 17.2 Å². The van der Waals surface area contributed by atoms with E-state index in [-0.39, 0.29) is 5.92 Å². The minimum atomic E-state index is -3.47. The summed E-state index contributed by atoms with van der Waals surface area (Å²) in [6.07, 6.45) is 0.679. The highest BCUT2D eigenvalue weighted by Gasteiger charge is 2.35. The summed E-state index contributed by atoms with van der Waals surface area (Å²) in [6, 6.07) is 12.3. The normalized spacial score (nSPS) is 18.9. The first-order chi connectivity index (χ1) is 11.6. The third kappa shape index (κ3) is 2.77. The van der Waals surface area contributed by atoms with Crippen LogP contribution < -0.4 is 0 Å². The van der Waals surface area contributed by atoms with Crippen molar-refractivity contribution in [2.24, 2.45) is 0 Å². The van der Waals surface area contributed by atoms with Gasteiger partial charge in [-0.3, -0.25) is 0 Å². The highest BCUT2D eigenvalue weighted by atomic mass is 32.2. The second-order valence-corrected chi connectivity index (χ2v) is 8.47. The van der Waals surface area contributed by atoms with Crippen LogP contribution in [0.1, 0.15) is 18.2 Å². The lowest BCUT2D eigenvalue weighted by Gasteiger charge is -2.15. The van der Waals surface area contributed by atoms with Gasteiger partial charge >= 0.3 is 0 Å². The maximum atomic E-state index is 12.7. The molecular formula is C16H15N3O3S2.